The lowest BCUT2D eigenvalue weighted by molar-refractivity contribution is -0.143. The summed E-state index contributed by atoms with van der Waals surface area (Å²) in [4.78, 5) is 12.9. The lowest BCUT2D eigenvalue weighted by Crippen LogP contribution is -2.48. The van der Waals surface area contributed by atoms with Crippen molar-refractivity contribution < 1.29 is 14.6 Å². The van der Waals surface area contributed by atoms with E-state index in [-0.39, 0.29) is 18.1 Å². The molecule has 16 heavy (non-hydrogen) atoms. The van der Waals surface area contributed by atoms with Crippen LogP contribution in [-0.2, 0) is 9.53 Å². The van der Waals surface area contributed by atoms with Crippen molar-refractivity contribution in [3.05, 3.63) is 0 Å². The fourth-order valence-electron chi connectivity index (χ4n) is 1.81. The van der Waals surface area contributed by atoms with Crippen LogP contribution in [0.3, 0.4) is 0 Å². The highest BCUT2D eigenvalue weighted by Gasteiger charge is 2.25. The van der Waals surface area contributed by atoms with Crippen LogP contribution in [-0.4, -0.2) is 61.4 Å². The van der Waals surface area contributed by atoms with Crippen molar-refractivity contribution in [3.8, 4) is 0 Å². The number of morpholine rings is 1. The predicted octanol–water partition coefficient (Wildman–Crippen LogP) is 0.0158. The Labute approximate surface area is 96.8 Å². The first-order valence-corrected chi connectivity index (χ1v) is 5.77. The van der Waals surface area contributed by atoms with Crippen molar-refractivity contribution in [2.75, 3.05) is 33.3 Å². The summed E-state index contributed by atoms with van der Waals surface area (Å²) < 4.78 is 5.59. The predicted molar refractivity (Wildman–Crippen MR) is 61.5 cm³/mol. The van der Waals surface area contributed by atoms with Crippen molar-refractivity contribution in [1.29, 1.82) is 0 Å². The molecule has 0 aromatic rings. The molecule has 0 saturated carbocycles. The van der Waals surface area contributed by atoms with Gasteiger partial charge in [0.05, 0.1) is 18.6 Å². The van der Waals surface area contributed by atoms with Crippen LogP contribution in [0.25, 0.3) is 0 Å². The first-order chi connectivity index (χ1) is 7.52. The Kier molecular flexibility index (Phi) is 5.18. The van der Waals surface area contributed by atoms with Crippen LogP contribution in [0, 0.1) is 5.92 Å². The third kappa shape index (κ3) is 3.73. The van der Waals surface area contributed by atoms with Crippen LogP contribution in [0.4, 0.5) is 0 Å². The van der Waals surface area contributed by atoms with Crippen LogP contribution >= 0.6 is 0 Å². The number of aliphatic carboxylic acids is 1. The Balaban J connectivity index is 2.37. The van der Waals surface area contributed by atoms with Crippen LogP contribution < -0.4 is 5.32 Å². The van der Waals surface area contributed by atoms with Crippen molar-refractivity contribution >= 4 is 5.97 Å². The highest BCUT2D eigenvalue weighted by atomic mass is 16.5. The van der Waals surface area contributed by atoms with E-state index in [1.165, 1.54) is 0 Å². The van der Waals surface area contributed by atoms with Crippen molar-refractivity contribution in [2.45, 2.75) is 26.0 Å². The second-order valence-corrected chi connectivity index (χ2v) is 4.50. The Hall–Kier alpha value is -0.650. The number of carboxylic acid groups (broad SMARTS) is 1. The van der Waals surface area contributed by atoms with E-state index < -0.39 is 5.97 Å². The summed E-state index contributed by atoms with van der Waals surface area (Å²) in [6.45, 7) is 6.94. The van der Waals surface area contributed by atoms with Crippen molar-refractivity contribution in [1.82, 2.24) is 10.2 Å². The van der Waals surface area contributed by atoms with Crippen LogP contribution in [0.1, 0.15) is 13.8 Å². The number of carboxylic acids is 1. The lowest BCUT2D eigenvalue weighted by Gasteiger charge is -2.32. The summed E-state index contributed by atoms with van der Waals surface area (Å²) in [5, 5.41) is 12.2. The van der Waals surface area contributed by atoms with E-state index in [0.29, 0.717) is 0 Å². The molecular weight excluding hydrogens is 208 g/mol. The SMILES string of the molecule is CC(C(=O)O)C(C)N(C)CC1CNCCO1. The molecule has 5 nitrogen and oxygen atoms in total. The van der Waals surface area contributed by atoms with Gasteiger partial charge in [0.1, 0.15) is 0 Å². The molecular formula is C11H22N2O3. The van der Waals surface area contributed by atoms with E-state index >= 15 is 0 Å². The largest absolute Gasteiger partial charge is 0.481 e. The molecule has 1 heterocycles. The molecule has 1 aliphatic heterocycles. The maximum atomic E-state index is 10.9. The molecule has 1 rings (SSSR count). The fourth-order valence-corrected chi connectivity index (χ4v) is 1.81. The topological polar surface area (TPSA) is 61.8 Å². The average Bonchev–Trinajstić information content (AvgIpc) is 2.28. The molecule has 0 aromatic carbocycles. The minimum Gasteiger partial charge on any atom is -0.481 e. The summed E-state index contributed by atoms with van der Waals surface area (Å²) in [5.74, 6) is -1.11. The van der Waals surface area contributed by atoms with Crippen LogP contribution in [0.5, 0.6) is 0 Å². The molecule has 2 N–H and O–H groups in total. The number of ether oxygens (including phenoxy) is 1. The van der Waals surface area contributed by atoms with E-state index in [9.17, 15) is 4.79 Å². The number of nitrogens with one attached hydrogen (secondary N) is 1. The molecule has 0 aliphatic carbocycles. The Morgan fingerprint density at radius 3 is 2.81 bits per heavy atom. The second-order valence-electron chi connectivity index (χ2n) is 4.50. The Morgan fingerprint density at radius 2 is 2.31 bits per heavy atom. The molecule has 3 atom stereocenters. The van der Waals surface area contributed by atoms with Gasteiger partial charge in [0.15, 0.2) is 0 Å². The highest BCUT2D eigenvalue weighted by molar-refractivity contribution is 5.70. The molecule has 1 aliphatic rings. The number of nitrogens with zero attached hydrogens (tertiary/aromatic N) is 1. The maximum absolute atomic E-state index is 10.9. The number of rotatable bonds is 5. The molecule has 3 unspecified atom stereocenters. The number of carbonyl (C=O) groups is 1. The Bertz CT molecular complexity index is 229. The number of hydrogen-bond acceptors (Lipinski definition) is 4. The van der Waals surface area contributed by atoms with Gasteiger partial charge in [-0.15, -0.1) is 0 Å². The number of likely N-dealkylation sites (N-methyl/N-ethyl adjacent to an activating group) is 1. The maximum Gasteiger partial charge on any atom is 0.307 e. The van der Waals surface area contributed by atoms with Crippen molar-refractivity contribution in [2.24, 2.45) is 5.92 Å². The van der Waals surface area contributed by atoms with Crippen LogP contribution in [0.2, 0.25) is 0 Å². The molecule has 1 saturated heterocycles. The average molecular weight is 230 g/mol. The second kappa shape index (κ2) is 6.18. The lowest BCUT2D eigenvalue weighted by atomic mass is 10.0. The molecule has 5 heteroatoms. The standard InChI is InChI=1S/C11H22N2O3/c1-8(11(14)15)9(2)13(3)7-10-6-12-4-5-16-10/h8-10,12H,4-7H2,1-3H3,(H,14,15). The van der Waals surface area contributed by atoms with Gasteiger partial charge in [0.25, 0.3) is 0 Å². The minimum atomic E-state index is -0.748. The zero-order valence-electron chi connectivity index (χ0n) is 10.3. The third-order valence-electron chi connectivity index (χ3n) is 3.30. The summed E-state index contributed by atoms with van der Waals surface area (Å²) in [6.07, 6.45) is 0.169. The molecule has 1 fully saturated rings. The monoisotopic (exact) mass is 230 g/mol. The first-order valence-electron chi connectivity index (χ1n) is 5.77. The smallest absolute Gasteiger partial charge is 0.307 e. The molecule has 94 valence electrons. The quantitative estimate of drug-likeness (QED) is 0.697. The van der Waals surface area contributed by atoms with E-state index in [1.54, 1.807) is 6.92 Å². The van der Waals surface area contributed by atoms with Gasteiger partial charge in [0.2, 0.25) is 0 Å². The molecule has 0 amide bonds. The van der Waals surface area contributed by atoms with Gasteiger partial charge in [-0.1, -0.05) is 6.92 Å². The van der Waals surface area contributed by atoms with E-state index in [4.69, 9.17) is 9.84 Å². The molecule has 0 bridgehead atoms. The van der Waals surface area contributed by atoms with Crippen LogP contribution in [0.15, 0.2) is 0 Å². The highest BCUT2D eigenvalue weighted by Crippen LogP contribution is 2.11. The van der Waals surface area contributed by atoms with E-state index in [1.807, 2.05) is 14.0 Å². The summed E-state index contributed by atoms with van der Waals surface area (Å²) in [6, 6.07) is 0.0167. The fraction of sp³-hybridized carbons (Fsp3) is 0.909. The van der Waals surface area contributed by atoms with Gasteiger partial charge in [-0.25, -0.2) is 0 Å². The first kappa shape index (κ1) is 13.4. The zero-order chi connectivity index (χ0) is 12.1. The Morgan fingerprint density at radius 1 is 1.62 bits per heavy atom. The van der Waals surface area contributed by atoms with Gasteiger partial charge in [0, 0.05) is 25.7 Å². The van der Waals surface area contributed by atoms with Gasteiger partial charge < -0.3 is 20.1 Å². The third-order valence-corrected chi connectivity index (χ3v) is 3.30. The van der Waals surface area contributed by atoms with Gasteiger partial charge in [-0.3, -0.25) is 4.79 Å². The minimum absolute atomic E-state index is 0.0167. The summed E-state index contributed by atoms with van der Waals surface area (Å²) in [5.41, 5.74) is 0. The molecule has 0 radical (unpaired) electrons. The number of hydrogen-bond donors (Lipinski definition) is 2. The van der Waals surface area contributed by atoms with Gasteiger partial charge >= 0.3 is 5.97 Å². The van der Waals surface area contributed by atoms with E-state index in [0.717, 1.165) is 26.2 Å². The van der Waals surface area contributed by atoms with Crippen molar-refractivity contribution in [3.63, 3.8) is 0 Å². The normalized spacial score (nSPS) is 25.4. The summed E-state index contributed by atoms with van der Waals surface area (Å²) in [7, 11) is 1.95. The zero-order valence-corrected chi connectivity index (χ0v) is 10.3. The van der Waals surface area contributed by atoms with Gasteiger partial charge in [-0.05, 0) is 14.0 Å². The van der Waals surface area contributed by atoms with Gasteiger partial charge in [-0.2, -0.15) is 0 Å². The molecule has 0 spiro atoms. The summed E-state index contributed by atoms with van der Waals surface area (Å²) >= 11 is 0. The molecule has 0 aromatic heterocycles. The van der Waals surface area contributed by atoms with E-state index in [2.05, 4.69) is 10.2 Å².